The second-order valence-electron chi connectivity index (χ2n) is 5.80. The van der Waals surface area contributed by atoms with Gasteiger partial charge in [0.1, 0.15) is 0 Å². The molecule has 0 fully saturated rings. The van der Waals surface area contributed by atoms with E-state index in [1.807, 2.05) is 0 Å². The van der Waals surface area contributed by atoms with E-state index in [1.54, 1.807) is 0 Å². The molecule has 0 N–H and O–H groups in total. The van der Waals surface area contributed by atoms with Crippen LogP contribution < -0.4 is 34.7 Å². The number of hydrogen-bond acceptors (Lipinski definition) is 3. The summed E-state index contributed by atoms with van der Waals surface area (Å²) in [4.78, 5) is 12.9. The van der Waals surface area contributed by atoms with Crippen molar-refractivity contribution >= 4 is 5.97 Å². The van der Waals surface area contributed by atoms with E-state index in [0.29, 0.717) is 6.54 Å². The van der Waals surface area contributed by atoms with Gasteiger partial charge in [-0.15, -0.1) is 0 Å². The van der Waals surface area contributed by atoms with Gasteiger partial charge in [0.15, 0.2) is 0 Å². The van der Waals surface area contributed by atoms with Crippen LogP contribution in [-0.2, 0) is 4.79 Å². The van der Waals surface area contributed by atoms with Crippen molar-refractivity contribution in [1.82, 2.24) is 4.90 Å². The third-order valence-electron chi connectivity index (χ3n) is 3.79. The maximum atomic E-state index is 10.6. The van der Waals surface area contributed by atoms with Gasteiger partial charge < -0.3 is 14.8 Å². The SMILES string of the molecule is C/C=C/CCCCCN(CCCCC/C=C/C)CCC(=O)[O-].[Na+]. The molecule has 0 aliphatic carbocycles. The number of carbonyl (C=O) groups is 1. The summed E-state index contributed by atoms with van der Waals surface area (Å²) in [5.74, 6) is -0.939. The Labute approximate surface area is 165 Å². The van der Waals surface area contributed by atoms with Gasteiger partial charge in [-0.05, 0) is 71.9 Å². The zero-order chi connectivity index (χ0) is 16.5. The fourth-order valence-electron chi connectivity index (χ4n) is 2.47. The normalized spacial score (nSPS) is 11.4. The second-order valence-corrected chi connectivity index (χ2v) is 5.80. The van der Waals surface area contributed by atoms with E-state index in [1.165, 1.54) is 25.7 Å². The first-order chi connectivity index (χ1) is 10.7. The van der Waals surface area contributed by atoms with Crippen molar-refractivity contribution in [3.05, 3.63) is 24.3 Å². The molecule has 0 amide bonds. The van der Waals surface area contributed by atoms with E-state index in [-0.39, 0.29) is 36.0 Å². The predicted octanol–water partition coefficient (Wildman–Crippen LogP) is 0.705. The van der Waals surface area contributed by atoms with E-state index < -0.39 is 5.97 Å². The van der Waals surface area contributed by atoms with Gasteiger partial charge in [0.2, 0.25) is 0 Å². The summed E-state index contributed by atoms with van der Waals surface area (Å²) in [6.45, 7) is 6.76. The Hall–Kier alpha value is -0.0900. The van der Waals surface area contributed by atoms with Crippen LogP contribution in [-0.4, -0.2) is 30.5 Å². The van der Waals surface area contributed by atoms with Crippen LogP contribution in [0.15, 0.2) is 24.3 Å². The van der Waals surface area contributed by atoms with E-state index in [9.17, 15) is 9.90 Å². The van der Waals surface area contributed by atoms with Crippen molar-refractivity contribution in [2.75, 3.05) is 19.6 Å². The van der Waals surface area contributed by atoms with Gasteiger partial charge >= 0.3 is 29.6 Å². The first kappa shape index (κ1) is 25.2. The van der Waals surface area contributed by atoms with Crippen LogP contribution in [0.3, 0.4) is 0 Å². The minimum atomic E-state index is -0.939. The van der Waals surface area contributed by atoms with Crippen LogP contribution >= 0.6 is 0 Å². The molecule has 0 unspecified atom stereocenters. The van der Waals surface area contributed by atoms with Crippen LogP contribution in [0.2, 0.25) is 0 Å². The Morgan fingerprint density at radius 2 is 1.30 bits per heavy atom. The summed E-state index contributed by atoms with van der Waals surface area (Å²) in [6, 6.07) is 0. The molecule has 4 heteroatoms. The van der Waals surface area contributed by atoms with Crippen molar-refractivity contribution < 1.29 is 39.5 Å². The van der Waals surface area contributed by atoms with Crippen LogP contribution in [0.1, 0.15) is 71.6 Å². The molecular weight excluding hydrogens is 297 g/mol. The topological polar surface area (TPSA) is 43.4 Å². The van der Waals surface area contributed by atoms with E-state index in [2.05, 4.69) is 43.1 Å². The first-order valence-corrected chi connectivity index (χ1v) is 8.85. The van der Waals surface area contributed by atoms with E-state index >= 15 is 0 Å². The molecule has 0 atom stereocenters. The molecule has 0 aromatic heterocycles. The quantitative estimate of drug-likeness (QED) is 0.252. The molecule has 0 aliphatic heterocycles. The summed E-state index contributed by atoms with van der Waals surface area (Å²) in [6.07, 6.45) is 18.3. The Morgan fingerprint density at radius 1 is 0.826 bits per heavy atom. The Balaban J connectivity index is 0. The number of carboxylic acids is 1. The molecule has 0 aliphatic rings. The van der Waals surface area contributed by atoms with Gasteiger partial charge in [0, 0.05) is 12.5 Å². The summed E-state index contributed by atoms with van der Waals surface area (Å²) in [5.41, 5.74) is 0. The zero-order valence-corrected chi connectivity index (χ0v) is 17.6. The van der Waals surface area contributed by atoms with Gasteiger partial charge in [-0.25, -0.2) is 0 Å². The van der Waals surface area contributed by atoms with Gasteiger partial charge in [-0.3, -0.25) is 0 Å². The van der Waals surface area contributed by atoms with Crippen LogP contribution in [0.4, 0.5) is 0 Å². The van der Waals surface area contributed by atoms with Crippen molar-refractivity contribution in [1.29, 1.82) is 0 Å². The molecule has 0 aromatic carbocycles. The Kier molecular flexibility index (Phi) is 21.8. The number of unbranched alkanes of at least 4 members (excludes halogenated alkanes) is 6. The fraction of sp³-hybridized carbons (Fsp3) is 0.737. The molecule has 0 saturated heterocycles. The smallest absolute Gasteiger partial charge is 0.550 e. The standard InChI is InChI=1S/C19H35NO2.Na/c1-3-5-7-9-11-13-16-20(18-15-19(21)22)17-14-12-10-8-6-4-2;/h3-6H,7-18H2,1-2H3,(H,21,22);/q;+1/p-1/b5-3+,6-4+;. The number of hydrogen-bond donors (Lipinski definition) is 0. The molecule has 0 rings (SSSR count). The number of carboxylic acid groups (broad SMARTS) is 1. The Morgan fingerprint density at radius 3 is 1.70 bits per heavy atom. The average Bonchev–Trinajstić information content (AvgIpc) is 2.50. The summed E-state index contributed by atoms with van der Waals surface area (Å²) in [7, 11) is 0. The minimum Gasteiger partial charge on any atom is -0.550 e. The third kappa shape index (κ3) is 19.9. The molecule has 0 saturated carbocycles. The maximum absolute atomic E-state index is 10.6. The molecule has 0 radical (unpaired) electrons. The molecule has 0 bridgehead atoms. The van der Waals surface area contributed by atoms with Crippen LogP contribution in [0, 0.1) is 0 Å². The predicted molar refractivity (Wildman–Crippen MR) is 92.6 cm³/mol. The molecule has 23 heavy (non-hydrogen) atoms. The van der Waals surface area contributed by atoms with Crippen LogP contribution in [0.5, 0.6) is 0 Å². The molecule has 0 aromatic rings. The van der Waals surface area contributed by atoms with Gasteiger partial charge in [0.05, 0.1) is 0 Å². The van der Waals surface area contributed by atoms with Crippen molar-refractivity contribution in [2.45, 2.75) is 71.6 Å². The van der Waals surface area contributed by atoms with Crippen molar-refractivity contribution in [3.63, 3.8) is 0 Å². The molecular formula is C19H34NNaO2. The van der Waals surface area contributed by atoms with Gasteiger partial charge in [-0.2, -0.15) is 0 Å². The van der Waals surface area contributed by atoms with Crippen LogP contribution in [0.25, 0.3) is 0 Å². The summed E-state index contributed by atoms with van der Waals surface area (Å²) < 4.78 is 0. The molecule has 128 valence electrons. The maximum Gasteiger partial charge on any atom is 1.00 e. The first-order valence-electron chi connectivity index (χ1n) is 8.85. The van der Waals surface area contributed by atoms with E-state index in [4.69, 9.17) is 0 Å². The van der Waals surface area contributed by atoms with Gasteiger partial charge in [-0.1, -0.05) is 37.1 Å². The minimum absolute atomic E-state index is 0. The molecule has 0 heterocycles. The largest absolute Gasteiger partial charge is 1.00 e. The Bertz CT molecular complexity index is 294. The number of nitrogens with zero attached hydrogens (tertiary/aromatic N) is 1. The van der Waals surface area contributed by atoms with Crippen molar-refractivity contribution in [3.8, 4) is 0 Å². The fourth-order valence-corrected chi connectivity index (χ4v) is 2.47. The zero-order valence-electron chi connectivity index (χ0n) is 15.6. The number of carbonyl (C=O) groups excluding carboxylic acids is 1. The molecule has 0 spiro atoms. The third-order valence-corrected chi connectivity index (χ3v) is 3.79. The van der Waals surface area contributed by atoms with Crippen molar-refractivity contribution in [2.24, 2.45) is 0 Å². The van der Waals surface area contributed by atoms with Gasteiger partial charge in [0.25, 0.3) is 0 Å². The number of aliphatic carboxylic acids is 1. The van der Waals surface area contributed by atoms with E-state index in [0.717, 1.165) is 38.8 Å². The average molecular weight is 331 g/mol. The number of rotatable bonds is 15. The second kappa shape index (κ2) is 20.0. The summed E-state index contributed by atoms with van der Waals surface area (Å²) in [5, 5.41) is 10.6. The monoisotopic (exact) mass is 331 g/mol. The molecule has 3 nitrogen and oxygen atoms in total. The summed E-state index contributed by atoms with van der Waals surface area (Å²) >= 11 is 0. The number of allylic oxidation sites excluding steroid dienone is 4.